The van der Waals surface area contributed by atoms with Crippen LogP contribution in [0.3, 0.4) is 0 Å². The molecule has 0 bridgehead atoms. The van der Waals surface area contributed by atoms with Gasteiger partial charge in [-0.2, -0.15) is 0 Å². The summed E-state index contributed by atoms with van der Waals surface area (Å²) < 4.78 is 0. The van der Waals surface area contributed by atoms with Gasteiger partial charge in [-0.05, 0) is 6.92 Å². The van der Waals surface area contributed by atoms with Crippen LogP contribution in [0.4, 0.5) is 0 Å². The van der Waals surface area contributed by atoms with Crippen LogP contribution in [0.25, 0.3) is 0 Å². The SMILES string of the molecule is C[C@H](O)CNC(=O)c1nc[nH]c1C(=O)O. The standard InChI is InChI=1S/C8H11N3O4/c1-4(12)2-9-7(13)5-6(8(14)15)11-3-10-5/h3-4,12H,2H2,1H3,(H,9,13)(H,10,11)(H,14,15)/t4-/m0/s1. The number of H-pyrrole nitrogens is 1. The highest BCUT2D eigenvalue weighted by atomic mass is 16.4. The molecule has 0 unspecified atom stereocenters. The molecule has 0 spiro atoms. The highest BCUT2D eigenvalue weighted by Gasteiger charge is 2.19. The molecule has 1 aromatic rings. The van der Waals surface area contributed by atoms with Gasteiger partial charge < -0.3 is 20.5 Å². The van der Waals surface area contributed by atoms with Crippen LogP contribution in [0, 0.1) is 0 Å². The number of imidazole rings is 1. The van der Waals surface area contributed by atoms with Crippen molar-refractivity contribution in [2.45, 2.75) is 13.0 Å². The van der Waals surface area contributed by atoms with Gasteiger partial charge in [0.05, 0.1) is 12.4 Å². The quantitative estimate of drug-likeness (QED) is 0.523. The molecule has 1 heterocycles. The molecule has 1 amide bonds. The summed E-state index contributed by atoms with van der Waals surface area (Å²) >= 11 is 0. The van der Waals surface area contributed by atoms with Gasteiger partial charge >= 0.3 is 5.97 Å². The molecule has 0 aliphatic heterocycles. The molecular weight excluding hydrogens is 202 g/mol. The number of carboxylic acids is 1. The van der Waals surface area contributed by atoms with Crippen molar-refractivity contribution >= 4 is 11.9 Å². The average molecular weight is 213 g/mol. The van der Waals surface area contributed by atoms with E-state index in [0.717, 1.165) is 6.33 Å². The summed E-state index contributed by atoms with van der Waals surface area (Å²) in [5.74, 6) is -1.88. The van der Waals surface area contributed by atoms with Crippen molar-refractivity contribution in [3.63, 3.8) is 0 Å². The van der Waals surface area contributed by atoms with E-state index in [1.54, 1.807) is 0 Å². The predicted octanol–water partition coefficient (Wildman–Crippen LogP) is -0.782. The Balaban J connectivity index is 2.73. The van der Waals surface area contributed by atoms with E-state index in [9.17, 15) is 9.59 Å². The normalized spacial score (nSPS) is 12.1. The minimum atomic E-state index is -1.25. The van der Waals surface area contributed by atoms with E-state index in [-0.39, 0.29) is 17.9 Å². The minimum Gasteiger partial charge on any atom is -0.477 e. The first-order chi connectivity index (χ1) is 7.02. The van der Waals surface area contributed by atoms with Gasteiger partial charge in [0.2, 0.25) is 0 Å². The van der Waals surface area contributed by atoms with E-state index < -0.39 is 18.0 Å². The first kappa shape index (κ1) is 11.2. The second-order valence-electron chi connectivity index (χ2n) is 2.99. The van der Waals surface area contributed by atoms with Crippen LogP contribution >= 0.6 is 0 Å². The number of hydrogen-bond donors (Lipinski definition) is 4. The van der Waals surface area contributed by atoms with Crippen LogP contribution in [0.5, 0.6) is 0 Å². The Morgan fingerprint density at radius 3 is 2.87 bits per heavy atom. The molecule has 1 rings (SSSR count). The Kier molecular flexibility index (Phi) is 3.40. The van der Waals surface area contributed by atoms with Gasteiger partial charge in [0, 0.05) is 6.54 Å². The summed E-state index contributed by atoms with van der Waals surface area (Å²) in [6.07, 6.45) is 0.432. The maximum absolute atomic E-state index is 11.4. The van der Waals surface area contributed by atoms with Crippen LogP contribution in [-0.4, -0.2) is 44.7 Å². The molecule has 7 nitrogen and oxygen atoms in total. The van der Waals surface area contributed by atoms with Gasteiger partial charge in [-0.25, -0.2) is 9.78 Å². The molecule has 0 radical (unpaired) electrons. The molecule has 7 heteroatoms. The second kappa shape index (κ2) is 4.56. The monoisotopic (exact) mass is 213 g/mol. The summed E-state index contributed by atoms with van der Waals surface area (Å²) in [6, 6.07) is 0. The van der Waals surface area contributed by atoms with Crippen LogP contribution in [0.1, 0.15) is 27.9 Å². The molecule has 0 saturated carbocycles. The Bertz CT molecular complexity index is 372. The number of aromatic carboxylic acids is 1. The van der Waals surface area contributed by atoms with E-state index in [2.05, 4.69) is 15.3 Å². The highest BCUT2D eigenvalue weighted by molar-refractivity contribution is 6.02. The summed E-state index contributed by atoms with van der Waals surface area (Å²) in [7, 11) is 0. The van der Waals surface area contributed by atoms with Gasteiger partial charge in [0.15, 0.2) is 11.4 Å². The zero-order valence-electron chi connectivity index (χ0n) is 8.02. The predicted molar refractivity (Wildman–Crippen MR) is 49.6 cm³/mol. The first-order valence-electron chi connectivity index (χ1n) is 4.25. The van der Waals surface area contributed by atoms with Crippen LogP contribution in [0.15, 0.2) is 6.33 Å². The third-order valence-electron chi connectivity index (χ3n) is 1.63. The third-order valence-corrected chi connectivity index (χ3v) is 1.63. The van der Waals surface area contributed by atoms with Crippen molar-refractivity contribution in [3.8, 4) is 0 Å². The summed E-state index contributed by atoms with van der Waals surface area (Å²) in [6.45, 7) is 1.55. The zero-order valence-corrected chi connectivity index (χ0v) is 8.02. The van der Waals surface area contributed by atoms with Crippen LogP contribution < -0.4 is 5.32 Å². The number of nitrogens with one attached hydrogen (secondary N) is 2. The van der Waals surface area contributed by atoms with Crippen LogP contribution in [-0.2, 0) is 0 Å². The lowest BCUT2D eigenvalue weighted by Gasteiger charge is -2.05. The number of carbonyl (C=O) groups excluding carboxylic acids is 1. The number of aliphatic hydroxyl groups excluding tert-OH is 1. The lowest BCUT2D eigenvalue weighted by atomic mass is 10.3. The number of aliphatic hydroxyl groups is 1. The fraction of sp³-hybridized carbons (Fsp3) is 0.375. The Labute approximate surface area is 85.1 Å². The van der Waals surface area contributed by atoms with Crippen molar-refractivity contribution in [2.24, 2.45) is 0 Å². The van der Waals surface area contributed by atoms with Crippen molar-refractivity contribution in [1.82, 2.24) is 15.3 Å². The molecule has 0 aliphatic rings. The van der Waals surface area contributed by atoms with E-state index in [1.165, 1.54) is 6.92 Å². The Morgan fingerprint density at radius 2 is 2.33 bits per heavy atom. The number of hydrogen-bond acceptors (Lipinski definition) is 4. The topological polar surface area (TPSA) is 115 Å². The maximum Gasteiger partial charge on any atom is 0.354 e. The molecule has 0 aliphatic carbocycles. The maximum atomic E-state index is 11.4. The van der Waals surface area contributed by atoms with E-state index in [0.29, 0.717) is 0 Å². The summed E-state index contributed by atoms with van der Waals surface area (Å²) in [5.41, 5.74) is -0.457. The van der Waals surface area contributed by atoms with Crippen molar-refractivity contribution < 1.29 is 19.8 Å². The first-order valence-corrected chi connectivity index (χ1v) is 4.25. The second-order valence-corrected chi connectivity index (χ2v) is 2.99. The van der Waals surface area contributed by atoms with Crippen molar-refractivity contribution in [2.75, 3.05) is 6.54 Å². The number of aromatic amines is 1. The molecule has 15 heavy (non-hydrogen) atoms. The van der Waals surface area contributed by atoms with E-state index in [4.69, 9.17) is 10.2 Å². The van der Waals surface area contributed by atoms with Crippen molar-refractivity contribution in [3.05, 3.63) is 17.7 Å². The van der Waals surface area contributed by atoms with E-state index in [1.807, 2.05) is 0 Å². The van der Waals surface area contributed by atoms with Gasteiger partial charge in [-0.1, -0.05) is 0 Å². The van der Waals surface area contributed by atoms with Crippen LogP contribution in [0.2, 0.25) is 0 Å². The summed E-state index contributed by atoms with van der Waals surface area (Å²) in [5, 5.41) is 19.9. The van der Waals surface area contributed by atoms with Gasteiger partial charge in [-0.15, -0.1) is 0 Å². The Hall–Kier alpha value is -1.89. The Morgan fingerprint density at radius 1 is 1.67 bits per heavy atom. The van der Waals surface area contributed by atoms with Crippen molar-refractivity contribution in [1.29, 1.82) is 0 Å². The number of amides is 1. The fourth-order valence-electron chi connectivity index (χ4n) is 0.954. The highest BCUT2D eigenvalue weighted by Crippen LogP contribution is 2.02. The lowest BCUT2D eigenvalue weighted by Crippen LogP contribution is -2.31. The number of rotatable bonds is 4. The summed E-state index contributed by atoms with van der Waals surface area (Å²) in [4.78, 5) is 27.9. The zero-order chi connectivity index (χ0) is 11.4. The molecule has 0 saturated heterocycles. The van der Waals surface area contributed by atoms with Gasteiger partial charge in [-0.3, -0.25) is 4.79 Å². The van der Waals surface area contributed by atoms with E-state index >= 15 is 0 Å². The molecule has 1 atom stereocenters. The molecule has 0 aromatic carbocycles. The molecule has 4 N–H and O–H groups in total. The van der Waals surface area contributed by atoms with Gasteiger partial charge in [0.25, 0.3) is 5.91 Å². The molecule has 0 fully saturated rings. The van der Waals surface area contributed by atoms with Gasteiger partial charge in [0.1, 0.15) is 0 Å². The minimum absolute atomic E-state index is 0.0464. The molecule has 1 aromatic heterocycles. The lowest BCUT2D eigenvalue weighted by molar-refractivity contribution is 0.0684. The number of nitrogens with zero attached hydrogens (tertiary/aromatic N) is 1. The number of carboxylic acid groups (broad SMARTS) is 1. The smallest absolute Gasteiger partial charge is 0.354 e. The molecule has 82 valence electrons. The fourth-order valence-corrected chi connectivity index (χ4v) is 0.954. The largest absolute Gasteiger partial charge is 0.477 e. The number of aromatic nitrogens is 2. The third kappa shape index (κ3) is 2.78. The number of carbonyl (C=O) groups is 2. The average Bonchev–Trinajstić information content (AvgIpc) is 2.62. The molecular formula is C8H11N3O4.